The Balaban J connectivity index is 1.51. The highest BCUT2D eigenvalue weighted by atomic mass is 32.2. The smallest absolute Gasteiger partial charge is 0.238 e. The van der Waals surface area contributed by atoms with Gasteiger partial charge in [-0.15, -0.1) is 0 Å². The second-order valence-electron chi connectivity index (χ2n) is 7.18. The third-order valence-corrected chi connectivity index (χ3v) is 6.29. The summed E-state index contributed by atoms with van der Waals surface area (Å²) >= 11 is 0. The Bertz CT molecular complexity index is 614. The molecule has 0 aromatic heterocycles. The zero-order valence-electron chi connectivity index (χ0n) is 14.4. The van der Waals surface area contributed by atoms with E-state index in [1.54, 1.807) is 12.1 Å². The molecule has 1 aromatic rings. The van der Waals surface area contributed by atoms with Gasteiger partial charge in [0.15, 0.2) is 0 Å². The van der Waals surface area contributed by atoms with E-state index in [-0.39, 0.29) is 4.90 Å². The molecule has 2 saturated heterocycles. The van der Waals surface area contributed by atoms with Gasteiger partial charge in [0.05, 0.1) is 4.90 Å². The number of rotatable bonds is 4. The molecule has 5 nitrogen and oxygen atoms in total. The quantitative estimate of drug-likeness (QED) is 0.905. The van der Waals surface area contributed by atoms with Crippen LogP contribution in [0.5, 0.6) is 0 Å². The normalized spacial score (nSPS) is 21.6. The van der Waals surface area contributed by atoms with Crippen molar-refractivity contribution in [2.75, 3.05) is 37.6 Å². The number of nitrogens with zero attached hydrogens (tertiary/aromatic N) is 2. The summed E-state index contributed by atoms with van der Waals surface area (Å²) in [6.45, 7) is 5.89. The minimum atomic E-state index is -3.60. The van der Waals surface area contributed by atoms with Crippen molar-refractivity contribution in [2.45, 2.75) is 43.4 Å². The Kier molecular flexibility index (Phi) is 5.79. The van der Waals surface area contributed by atoms with E-state index in [4.69, 9.17) is 5.14 Å². The van der Waals surface area contributed by atoms with Crippen LogP contribution in [0.3, 0.4) is 0 Å². The largest absolute Gasteiger partial charge is 0.372 e. The SMILES string of the molecule is NS(=O)(=O)c1ccc(N2CCC(CN3CCCCCC3)CC2)cc1. The molecule has 134 valence electrons. The Hall–Kier alpha value is -1.11. The predicted molar refractivity (Wildman–Crippen MR) is 97.7 cm³/mol. The van der Waals surface area contributed by atoms with Crippen molar-refractivity contribution in [3.63, 3.8) is 0 Å². The van der Waals surface area contributed by atoms with Crippen LogP contribution in [0.1, 0.15) is 38.5 Å². The minimum absolute atomic E-state index is 0.183. The number of sulfonamides is 1. The number of piperidine rings is 1. The van der Waals surface area contributed by atoms with Crippen molar-refractivity contribution in [3.8, 4) is 0 Å². The lowest BCUT2D eigenvalue weighted by atomic mass is 9.95. The van der Waals surface area contributed by atoms with Gasteiger partial charge in [0, 0.05) is 25.3 Å². The number of likely N-dealkylation sites (tertiary alicyclic amines) is 1. The highest BCUT2D eigenvalue weighted by Crippen LogP contribution is 2.25. The van der Waals surface area contributed by atoms with E-state index in [2.05, 4.69) is 9.80 Å². The van der Waals surface area contributed by atoms with Crippen LogP contribution in [0.4, 0.5) is 5.69 Å². The van der Waals surface area contributed by atoms with Gasteiger partial charge in [0.2, 0.25) is 10.0 Å². The molecule has 2 fully saturated rings. The van der Waals surface area contributed by atoms with Crippen LogP contribution in [-0.2, 0) is 10.0 Å². The molecule has 0 radical (unpaired) electrons. The van der Waals surface area contributed by atoms with Gasteiger partial charge in [0.1, 0.15) is 0 Å². The summed E-state index contributed by atoms with van der Waals surface area (Å²) in [5.74, 6) is 0.794. The number of anilines is 1. The molecule has 2 heterocycles. The van der Waals surface area contributed by atoms with E-state index >= 15 is 0 Å². The lowest BCUT2D eigenvalue weighted by Crippen LogP contribution is -2.39. The molecule has 1 aromatic carbocycles. The van der Waals surface area contributed by atoms with Gasteiger partial charge in [-0.25, -0.2) is 13.6 Å². The molecule has 2 aliphatic rings. The number of hydrogen-bond donors (Lipinski definition) is 1. The zero-order valence-corrected chi connectivity index (χ0v) is 15.2. The van der Waals surface area contributed by atoms with E-state index in [9.17, 15) is 8.42 Å². The number of hydrogen-bond acceptors (Lipinski definition) is 4. The van der Waals surface area contributed by atoms with Crippen molar-refractivity contribution in [2.24, 2.45) is 11.1 Å². The summed E-state index contributed by atoms with van der Waals surface area (Å²) in [7, 11) is -3.60. The fourth-order valence-corrected chi connectivity index (χ4v) is 4.42. The van der Waals surface area contributed by atoms with Crippen LogP contribution in [0.25, 0.3) is 0 Å². The monoisotopic (exact) mass is 351 g/mol. The second kappa shape index (κ2) is 7.85. The average Bonchev–Trinajstić information content (AvgIpc) is 2.84. The Morgan fingerprint density at radius 3 is 2.04 bits per heavy atom. The van der Waals surface area contributed by atoms with Crippen LogP contribution >= 0.6 is 0 Å². The summed E-state index contributed by atoms with van der Waals surface area (Å²) in [4.78, 5) is 5.20. The molecular formula is C18H29N3O2S. The topological polar surface area (TPSA) is 66.6 Å². The van der Waals surface area contributed by atoms with E-state index in [0.29, 0.717) is 0 Å². The summed E-state index contributed by atoms with van der Waals surface area (Å²) in [6, 6.07) is 6.95. The van der Waals surface area contributed by atoms with Gasteiger partial charge < -0.3 is 9.80 Å². The second-order valence-corrected chi connectivity index (χ2v) is 8.75. The van der Waals surface area contributed by atoms with E-state index < -0.39 is 10.0 Å². The van der Waals surface area contributed by atoms with E-state index in [1.807, 2.05) is 12.1 Å². The Labute approximate surface area is 145 Å². The highest BCUT2D eigenvalue weighted by molar-refractivity contribution is 7.89. The summed E-state index contributed by atoms with van der Waals surface area (Å²) in [5.41, 5.74) is 1.09. The molecule has 2 N–H and O–H groups in total. The summed E-state index contributed by atoms with van der Waals surface area (Å²) < 4.78 is 22.7. The fraction of sp³-hybridized carbons (Fsp3) is 0.667. The molecular weight excluding hydrogens is 322 g/mol. The first-order valence-electron chi connectivity index (χ1n) is 9.12. The minimum Gasteiger partial charge on any atom is -0.372 e. The van der Waals surface area contributed by atoms with E-state index in [0.717, 1.165) is 24.7 Å². The Morgan fingerprint density at radius 2 is 1.50 bits per heavy atom. The standard InChI is InChI=1S/C18H29N3O2S/c19-24(22,23)18-7-5-17(6-8-18)21-13-9-16(10-14-21)15-20-11-3-1-2-4-12-20/h5-8,16H,1-4,9-15H2,(H2,19,22,23). The molecule has 0 spiro atoms. The van der Waals surface area contributed by atoms with Crippen LogP contribution in [-0.4, -0.2) is 46.0 Å². The lowest BCUT2D eigenvalue weighted by molar-refractivity contribution is 0.218. The Morgan fingerprint density at radius 1 is 0.917 bits per heavy atom. The molecule has 0 saturated carbocycles. The summed E-state index contributed by atoms with van der Waals surface area (Å²) in [6.07, 6.45) is 7.93. The third kappa shape index (κ3) is 4.71. The lowest BCUT2D eigenvalue weighted by Gasteiger charge is -2.36. The number of benzene rings is 1. The molecule has 6 heteroatoms. The molecule has 0 atom stereocenters. The van der Waals surface area contributed by atoms with Gasteiger partial charge in [-0.05, 0) is 69.0 Å². The third-order valence-electron chi connectivity index (χ3n) is 5.36. The van der Waals surface area contributed by atoms with Crippen LogP contribution < -0.4 is 10.0 Å². The molecule has 2 aliphatic heterocycles. The van der Waals surface area contributed by atoms with Gasteiger partial charge in [-0.1, -0.05) is 12.8 Å². The van der Waals surface area contributed by atoms with Crippen LogP contribution in [0, 0.1) is 5.92 Å². The van der Waals surface area contributed by atoms with Crippen molar-refractivity contribution in [1.82, 2.24) is 4.90 Å². The van der Waals surface area contributed by atoms with Gasteiger partial charge in [0.25, 0.3) is 0 Å². The molecule has 0 aliphatic carbocycles. The first-order chi connectivity index (χ1) is 11.5. The average molecular weight is 352 g/mol. The van der Waals surface area contributed by atoms with Crippen molar-refractivity contribution < 1.29 is 8.42 Å². The molecule has 3 rings (SSSR count). The van der Waals surface area contributed by atoms with Gasteiger partial charge >= 0.3 is 0 Å². The zero-order chi connectivity index (χ0) is 17.0. The van der Waals surface area contributed by atoms with Crippen molar-refractivity contribution in [1.29, 1.82) is 0 Å². The maximum Gasteiger partial charge on any atom is 0.238 e. The highest BCUT2D eigenvalue weighted by Gasteiger charge is 2.22. The summed E-state index contributed by atoms with van der Waals surface area (Å²) in [5, 5.41) is 5.16. The molecule has 24 heavy (non-hydrogen) atoms. The first-order valence-corrected chi connectivity index (χ1v) is 10.7. The van der Waals surface area contributed by atoms with Gasteiger partial charge in [-0.3, -0.25) is 0 Å². The predicted octanol–water partition coefficient (Wildman–Crippen LogP) is 2.43. The first kappa shape index (κ1) is 17.7. The van der Waals surface area contributed by atoms with Crippen molar-refractivity contribution in [3.05, 3.63) is 24.3 Å². The molecule has 0 bridgehead atoms. The van der Waals surface area contributed by atoms with Crippen LogP contribution in [0.15, 0.2) is 29.2 Å². The maximum absolute atomic E-state index is 11.3. The number of nitrogens with two attached hydrogens (primary N) is 1. The van der Waals surface area contributed by atoms with E-state index in [1.165, 1.54) is 58.2 Å². The fourth-order valence-electron chi connectivity index (χ4n) is 3.90. The van der Waals surface area contributed by atoms with Crippen molar-refractivity contribution >= 4 is 15.7 Å². The number of primary sulfonamides is 1. The maximum atomic E-state index is 11.3. The van der Waals surface area contributed by atoms with Gasteiger partial charge in [-0.2, -0.15) is 0 Å². The van der Waals surface area contributed by atoms with Crippen LogP contribution in [0.2, 0.25) is 0 Å². The molecule has 0 unspecified atom stereocenters. The molecule has 0 amide bonds.